The molecule has 8 nitrogen and oxygen atoms in total. The van der Waals surface area contributed by atoms with Gasteiger partial charge in [-0.2, -0.15) is 0 Å². The molecular weight excluding hydrogens is 310 g/mol. The molecule has 0 saturated carbocycles. The van der Waals surface area contributed by atoms with Gasteiger partial charge in [0.05, 0.1) is 11.0 Å². The lowest BCUT2D eigenvalue weighted by Gasteiger charge is -2.35. The number of rotatable bonds is 3. The van der Waals surface area contributed by atoms with Gasteiger partial charge in [-0.05, 0) is 25.1 Å². The molecule has 2 amide bonds. The summed E-state index contributed by atoms with van der Waals surface area (Å²) in [5.74, 6) is 0.0444. The summed E-state index contributed by atoms with van der Waals surface area (Å²) in [5, 5.41) is 3.17. The number of piperazine rings is 1. The Kier molecular flexibility index (Phi) is 4.28. The zero-order valence-corrected chi connectivity index (χ0v) is 13.8. The molecule has 2 heterocycles. The maximum absolute atomic E-state index is 12.5. The van der Waals surface area contributed by atoms with Crippen LogP contribution in [0.5, 0.6) is 0 Å². The van der Waals surface area contributed by atoms with E-state index in [0.717, 1.165) is 11.2 Å². The van der Waals surface area contributed by atoms with E-state index in [9.17, 15) is 14.4 Å². The Morgan fingerprint density at radius 2 is 1.71 bits per heavy atom. The van der Waals surface area contributed by atoms with E-state index in [0.29, 0.717) is 31.7 Å². The predicted molar refractivity (Wildman–Crippen MR) is 90.8 cm³/mol. The quantitative estimate of drug-likeness (QED) is 0.755. The molecule has 1 aromatic carbocycles. The van der Waals surface area contributed by atoms with Crippen molar-refractivity contribution in [1.82, 2.24) is 19.8 Å². The lowest BCUT2D eigenvalue weighted by atomic mass is 10.2. The molecule has 3 rings (SSSR count). The lowest BCUT2D eigenvalue weighted by molar-refractivity contribution is -0.138. The van der Waals surface area contributed by atoms with Crippen LogP contribution in [0.1, 0.15) is 13.8 Å². The van der Waals surface area contributed by atoms with Gasteiger partial charge in [0, 0.05) is 38.8 Å². The Balaban J connectivity index is 1.63. The first-order valence-corrected chi connectivity index (χ1v) is 7.97. The number of imidazole rings is 1. The van der Waals surface area contributed by atoms with E-state index in [1.807, 2.05) is 13.0 Å². The first-order valence-electron chi connectivity index (χ1n) is 7.97. The van der Waals surface area contributed by atoms with E-state index in [1.165, 1.54) is 0 Å². The maximum atomic E-state index is 12.5. The van der Waals surface area contributed by atoms with E-state index in [4.69, 9.17) is 0 Å². The van der Waals surface area contributed by atoms with Gasteiger partial charge in [-0.15, -0.1) is 0 Å². The summed E-state index contributed by atoms with van der Waals surface area (Å²) in [6, 6.07) is 5.02. The van der Waals surface area contributed by atoms with Gasteiger partial charge in [0.15, 0.2) is 0 Å². The highest BCUT2D eigenvalue weighted by atomic mass is 16.2. The van der Waals surface area contributed by atoms with Crippen LogP contribution in [0.3, 0.4) is 0 Å². The van der Waals surface area contributed by atoms with Crippen molar-refractivity contribution in [2.75, 3.05) is 31.5 Å². The molecule has 1 saturated heterocycles. The molecule has 0 aliphatic carbocycles. The summed E-state index contributed by atoms with van der Waals surface area (Å²) in [6.07, 6.45) is 0. The summed E-state index contributed by atoms with van der Waals surface area (Å²) in [6.45, 7) is 5.60. The zero-order chi connectivity index (χ0) is 17.3. The number of nitrogens with zero attached hydrogens (tertiary/aromatic N) is 2. The number of hydrogen-bond acceptors (Lipinski definition) is 4. The van der Waals surface area contributed by atoms with Crippen LogP contribution in [0.4, 0.5) is 5.69 Å². The standard InChI is InChI=1S/C16H21N5O3/c1-10(15(23)21-7-5-20(6-8-21)11(2)22)17-12-3-4-13-14(9-12)19-16(24)18-13/h3-4,9-10,17H,5-8H2,1-2H3,(H2,18,19,24). The number of aromatic nitrogens is 2. The molecule has 0 radical (unpaired) electrons. The van der Waals surface area contributed by atoms with Crippen molar-refractivity contribution in [2.24, 2.45) is 0 Å². The van der Waals surface area contributed by atoms with Gasteiger partial charge in [-0.25, -0.2) is 4.79 Å². The van der Waals surface area contributed by atoms with Gasteiger partial charge >= 0.3 is 5.69 Å². The second-order valence-corrected chi connectivity index (χ2v) is 6.04. The van der Waals surface area contributed by atoms with E-state index in [-0.39, 0.29) is 17.5 Å². The molecule has 128 valence electrons. The van der Waals surface area contributed by atoms with Crippen molar-refractivity contribution in [1.29, 1.82) is 0 Å². The van der Waals surface area contributed by atoms with Crippen LogP contribution < -0.4 is 11.0 Å². The molecule has 0 spiro atoms. The molecule has 1 aliphatic rings. The summed E-state index contributed by atoms with van der Waals surface area (Å²) >= 11 is 0. The monoisotopic (exact) mass is 331 g/mol. The van der Waals surface area contributed by atoms with E-state index in [2.05, 4.69) is 15.3 Å². The molecule has 3 N–H and O–H groups in total. The summed E-state index contributed by atoms with van der Waals surface area (Å²) in [7, 11) is 0. The van der Waals surface area contributed by atoms with Gasteiger partial charge in [0.2, 0.25) is 11.8 Å². The van der Waals surface area contributed by atoms with Gasteiger partial charge < -0.3 is 25.1 Å². The molecule has 0 bridgehead atoms. The van der Waals surface area contributed by atoms with Crippen molar-refractivity contribution in [2.45, 2.75) is 19.9 Å². The average molecular weight is 331 g/mol. The van der Waals surface area contributed by atoms with Crippen LogP contribution in [0, 0.1) is 0 Å². The van der Waals surface area contributed by atoms with Gasteiger partial charge in [0.25, 0.3) is 0 Å². The normalized spacial score (nSPS) is 16.2. The molecule has 1 aromatic heterocycles. The first-order chi connectivity index (χ1) is 11.4. The highest BCUT2D eigenvalue weighted by molar-refractivity contribution is 5.86. The number of fused-ring (bicyclic) bond motifs is 1. The van der Waals surface area contributed by atoms with Crippen molar-refractivity contribution < 1.29 is 9.59 Å². The number of anilines is 1. The van der Waals surface area contributed by atoms with Crippen LogP contribution >= 0.6 is 0 Å². The highest BCUT2D eigenvalue weighted by Gasteiger charge is 2.25. The minimum absolute atomic E-state index is 0.000797. The largest absolute Gasteiger partial charge is 0.374 e. The molecule has 8 heteroatoms. The summed E-state index contributed by atoms with van der Waals surface area (Å²) in [5.41, 5.74) is 1.93. The Bertz CT molecular complexity index is 816. The Labute approximate surface area is 138 Å². The Hall–Kier alpha value is -2.77. The zero-order valence-electron chi connectivity index (χ0n) is 13.8. The Morgan fingerprint density at radius 1 is 1.08 bits per heavy atom. The average Bonchev–Trinajstić information content (AvgIpc) is 2.93. The molecule has 24 heavy (non-hydrogen) atoms. The fourth-order valence-corrected chi connectivity index (χ4v) is 2.95. The second kappa shape index (κ2) is 6.38. The third-order valence-corrected chi connectivity index (χ3v) is 4.31. The van der Waals surface area contributed by atoms with Crippen molar-refractivity contribution in [3.8, 4) is 0 Å². The molecule has 1 fully saturated rings. The Morgan fingerprint density at radius 3 is 2.38 bits per heavy atom. The maximum Gasteiger partial charge on any atom is 0.323 e. The summed E-state index contributed by atoms with van der Waals surface area (Å²) in [4.78, 5) is 44.1. The minimum Gasteiger partial charge on any atom is -0.374 e. The van der Waals surface area contributed by atoms with Crippen LogP contribution in [-0.4, -0.2) is 63.8 Å². The topological polar surface area (TPSA) is 101 Å². The number of nitrogens with one attached hydrogen (secondary N) is 3. The van der Waals surface area contributed by atoms with E-state index < -0.39 is 6.04 Å². The fraction of sp³-hybridized carbons (Fsp3) is 0.438. The van der Waals surface area contributed by atoms with Crippen LogP contribution in [0.25, 0.3) is 11.0 Å². The van der Waals surface area contributed by atoms with Crippen LogP contribution in [0.15, 0.2) is 23.0 Å². The third-order valence-electron chi connectivity index (χ3n) is 4.31. The smallest absolute Gasteiger partial charge is 0.323 e. The number of H-pyrrole nitrogens is 2. The third kappa shape index (κ3) is 3.27. The molecule has 1 aliphatic heterocycles. The number of hydrogen-bond donors (Lipinski definition) is 3. The predicted octanol–water partition coefficient (Wildman–Crippen LogP) is 0.347. The van der Waals surface area contributed by atoms with Crippen molar-refractivity contribution in [3.63, 3.8) is 0 Å². The summed E-state index contributed by atoms with van der Waals surface area (Å²) < 4.78 is 0. The molecular formula is C16H21N5O3. The number of amides is 2. The second-order valence-electron chi connectivity index (χ2n) is 6.04. The fourth-order valence-electron chi connectivity index (χ4n) is 2.95. The molecule has 1 atom stereocenters. The van der Waals surface area contributed by atoms with Gasteiger partial charge in [0.1, 0.15) is 6.04 Å². The van der Waals surface area contributed by atoms with E-state index >= 15 is 0 Å². The molecule has 1 unspecified atom stereocenters. The van der Waals surface area contributed by atoms with Gasteiger partial charge in [-0.3, -0.25) is 9.59 Å². The number of aromatic amines is 2. The lowest BCUT2D eigenvalue weighted by Crippen LogP contribution is -2.53. The number of carbonyl (C=O) groups excluding carboxylic acids is 2. The van der Waals surface area contributed by atoms with Gasteiger partial charge in [-0.1, -0.05) is 0 Å². The highest BCUT2D eigenvalue weighted by Crippen LogP contribution is 2.16. The van der Waals surface area contributed by atoms with Crippen LogP contribution in [0.2, 0.25) is 0 Å². The van der Waals surface area contributed by atoms with Crippen molar-refractivity contribution in [3.05, 3.63) is 28.7 Å². The molecule has 2 aromatic rings. The SMILES string of the molecule is CC(=O)N1CCN(C(=O)C(C)Nc2ccc3[nH]c(=O)[nH]c3c2)CC1. The minimum atomic E-state index is -0.392. The van der Waals surface area contributed by atoms with E-state index in [1.54, 1.807) is 28.9 Å². The first kappa shape index (κ1) is 16.1. The number of carbonyl (C=O) groups is 2. The van der Waals surface area contributed by atoms with Crippen molar-refractivity contribution >= 4 is 28.5 Å². The number of benzene rings is 1. The van der Waals surface area contributed by atoms with Crippen LogP contribution in [-0.2, 0) is 9.59 Å².